The number of rotatable bonds is 6. The van der Waals surface area contributed by atoms with Gasteiger partial charge >= 0.3 is 0 Å². The number of hydrogen-bond acceptors (Lipinski definition) is 5. The molecule has 0 fully saturated rings. The molecule has 0 bridgehead atoms. The molecule has 19 heavy (non-hydrogen) atoms. The lowest BCUT2D eigenvalue weighted by atomic mass is 10.1. The van der Waals surface area contributed by atoms with E-state index < -0.39 is 16.9 Å². The van der Waals surface area contributed by atoms with E-state index >= 15 is 0 Å². The molecule has 0 radical (unpaired) electrons. The molecular weight excluding hydrogens is 252 g/mol. The van der Waals surface area contributed by atoms with Gasteiger partial charge in [0.15, 0.2) is 0 Å². The van der Waals surface area contributed by atoms with Crippen molar-refractivity contribution >= 4 is 11.6 Å². The number of aryl methyl sites for hydroxylation is 1. The zero-order valence-corrected chi connectivity index (χ0v) is 10.8. The lowest BCUT2D eigenvalue weighted by Crippen LogP contribution is -2.34. The van der Waals surface area contributed by atoms with Crippen LogP contribution in [0.4, 0.5) is 5.69 Å². The molecule has 1 aromatic carbocycles. The number of carbonyl (C=O) groups is 1. The first-order chi connectivity index (χ1) is 8.95. The quantitative estimate of drug-likeness (QED) is 0.582. The number of methoxy groups -OCH3 is 1. The van der Waals surface area contributed by atoms with Gasteiger partial charge in [0.2, 0.25) is 0 Å². The van der Waals surface area contributed by atoms with Crippen LogP contribution in [0, 0.1) is 17.0 Å². The van der Waals surface area contributed by atoms with E-state index in [1.54, 1.807) is 13.0 Å². The molecule has 0 aliphatic carbocycles. The number of carbonyl (C=O) groups excluding carboxylic acids is 1. The number of nitro groups is 1. The van der Waals surface area contributed by atoms with E-state index in [4.69, 9.17) is 4.74 Å². The molecule has 0 saturated carbocycles. The van der Waals surface area contributed by atoms with Crippen molar-refractivity contribution in [2.45, 2.75) is 13.0 Å². The predicted molar refractivity (Wildman–Crippen MR) is 68.0 cm³/mol. The second-order valence-corrected chi connectivity index (χ2v) is 4.10. The summed E-state index contributed by atoms with van der Waals surface area (Å²) in [4.78, 5) is 22.1. The van der Waals surface area contributed by atoms with Gasteiger partial charge in [-0.3, -0.25) is 14.9 Å². The topological polar surface area (TPSA) is 102 Å². The van der Waals surface area contributed by atoms with Crippen molar-refractivity contribution in [2.24, 2.45) is 0 Å². The van der Waals surface area contributed by atoms with Crippen molar-refractivity contribution in [2.75, 3.05) is 20.3 Å². The SMILES string of the molecule is COCC(O)CNC(=O)c1cc(C)ccc1[N+](=O)[O-]. The van der Waals surface area contributed by atoms with Crippen LogP contribution in [0.2, 0.25) is 0 Å². The molecule has 1 aromatic rings. The van der Waals surface area contributed by atoms with Gasteiger partial charge in [0, 0.05) is 19.7 Å². The number of benzene rings is 1. The zero-order chi connectivity index (χ0) is 14.4. The number of amides is 1. The van der Waals surface area contributed by atoms with Crippen molar-refractivity contribution in [1.29, 1.82) is 0 Å². The van der Waals surface area contributed by atoms with E-state index in [0.29, 0.717) is 0 Å². The Labute approximate surface area is 110 Å². The largest absolute Gasteiger partial charge is 0.389 e. The summed E-state index contributed by atoms with van der Waals surface area (Å²) in [6.45, 7) is 1.79. The highest BCUT2D eigenvalue weighted by molar-refractivity contribution is 5.98. The van der Waals surface area contributed by atoms with E-state index in [0.717, 1.165) is 5.56 Å². The van der Waals surface area contributed by atoms with Crippen LogP contribution in [0.15, 0.2) is 18.2 Å². The summed E-state index contributed by atoms with van der Waals surface area (Å²) >= 11 is 0. The predicted octanol–water partition coefficient (Wildman–Crippen LogP) is 0.640. The van der Waals surface area contributed by atoms with Crippen LogP contribution in [0.5, 0.6) is 0 Å². The monoisotopic (exact) mass is 268 g/mol. The van der Waals surface area contributed by atoms with Crippen molar-refractivity contribution in [3.8, 4) is 0 Å². The highest BCUT2D eigenvalue weighted by Gasteiger charge is 2.20. The van der Waals surface area contributed by atoms with Crippen molar-refractivity contribution < 1.29 is 19.6 Å². The van der Waals surface area contributed by atoms with Gasteiger partial charge in [-0.1, -0.05) is 6.07 Å². The molecule has 7 nitrogen and oxygen atoms in total. The second kappa shape index (κ2) is 6.81. The standard InChI is InChI=1S/C12H16N2O5/c1-8-3-4-11(14(17)18)10(5-8)12(16)13-6-9(15)7-19-2/h3-5,9,15H,6-7H2,1-2H3,(H,13,16). The number of aliphatic hydroxyl groups is 1. The maximum atomic E-state index is 11.9. The fourth-order valence-corrected chi connectivity index (χ4v) is 1.55. The van der Waals surface area contributed by atoms with Crippen LogP contribution in [0.1, 0.15) is 15.9 Å². The maximum absolute atomic E-state index is 11.9. The Morgan fingerprint density at radius 3 is 2.84 bits per heavy atom. The Balaban J connectivity index is 2.81. The molecule has 0 aromatic heterocycles. The molecule has 1 atom stereocenters. The van der Waals surface area contributed by atoms with Crippen LogP contribution >= 0.6 is 0 Å². The molecule has 1 rings (SSSR count). The van der Waals surface area contributed by atoms with Gasteiger partial charge in [-0.2, -0.15) is 0 Å². The van der Waals surface area contributed by atoms with E-state index in [1.165, 1.54) is 19.2 Å². The lowest BCUT2D eigenvalue weighted by Gasteiger charge is -2.11. The fourth-order valence-electron chi connectivity index (χ4n) is 1.55. The van der Waals surface area contributed by atoms with Crippen LogP contribution in [-0.2, 0) is 4.74 Å². The van der Waals surface area contributed by atoms with Gasteiger partial charge in [-0.15, -0.1) is 0 Å². The first-order valence-electron chi connectivity index (χ1n) is 5.66. The summed E-state index contributed by atoms with van der Waals surface area (Å²) in [7, 11) is 1.43. The average molecular weight is 268 g/mol. The number of nitrogens with zero attached hydrogens (tertiary/aromatic N) is 1. The number of hydrogen-bond donors (Lipinski definition) is 2. The molecule has 1 unspecified atom stereocenters. The second-order valence-electron chi connectivity index (χ2n) is 4.10. The minimum Gasteiger partial charge on any atom is -0.389 e. The van der Waals surface area contributed by atoms with Crippen molar-refractivity contribution in [3.05, 3.63) is 39.4 Å². The van der Waals surface area contributed by atoms with Crippen LogP contribution in [0.3, 0.4) is 0 Å². The Morgan fingerprint density at radius 1 is 1.58 bits per heavy atom. The number of ether oxygens (including phenoxy) is 1. The fraction of sp³-hybridized carbons (Fsp3) is 0.417. The van der Waals surface area contributed by atoms with Gasteiger partial charge in [0.25, 0.3) is 11.6 Å². The minimum absolute atomic E-state index is 0.0189. The molecule has 0 spiro atoms. The average Bonchev–Trinajstić information content (AvgIpc) is 2.35. The first kappa shape index (κ1) is 15.1. The molecule has 1 amide bonds. The highest BCUT2D eigenvalue weighted by Crippen LogP contribution is 2.19. The van der Waals surface area contributed by atoms with Gasteiger partial charge in [-0.05, 0) is 18.6 Å². The summed E-state index contributed by atoms with van der Waals surface area (Å²) in [6.07, 6.45) is -0.849. The third kappa shape index (κ3) is 4.31. The lowest BCUT2D eigenvalue weighted by molar-refractivity contribution is -0.385. The molecule has 0 aliphatic rings. The third-order valence-electron chi connectivity index (χ3n) is 2.45. The summed E-state index contributed by atoms with van der Waals surface area (Å²) in [5.41, 5.74) is 0.465. The zero-order valence-electron chi connectivity index (χ0n) is 10.8. The van der Waals surface area contributed by atoms with Gasteiger partial charge < -0.3 is 15.2 Å². The minimum atomic E-state index is -0.849. The molecule has 7 heteroatoms. The van der Waals surface area contributed by atoms with Crippen molar-refractivity contribution in [1.82, 2.24) is 5.32 Å². The molecule has 0 saturated heterocycles. The molecule has 0 heterocycles. The molecular formula is C12H16N2O5. The van der Waals surface area contributed by atoms with E-state index in [1.807, 2.05) is 0 Å². The van der Waals surface area contributed by atoms with Gasteiger partial charge in [-0.25, -0.2) is 0 Å². The van der Waals surface area contributed by atoms with E-state index in [9.17, 15) is 20.0 Å². The summed E-state index contributed by atoms with van der Waals surface area (Å²) in [5.74, 6) is -0.592. The summed E-state index contributed by atoms with van der Waals surface area (Å²) < 4.78 is 4.71. The Hall–Kier alpha value is -1.99. The smallest absolute Gasteiger partial charge is 0.282 e. The highest BCUT2D eigenvalue weighted by atomic mass is 16.6. The molecule has 0 aliphatic heterocycles. The number of nitrogens with one attached hydrogen (secondary N) is 1. The molecule has 2 N–H and O–H groups in total. The van der Waals surface area contributed by atoms with Crippen molar-refractivity contribution in [3.63, 3.8) is 0 Å². The normalized spacial score (nSPS) is 11.9. The van der Waals surface area contributed by atoms with Crippen LogP contribution < -0.4 is 5.32 Å². The molecule has 104 valence electrons. The number of nitro benzene ring substituents is 1. The third-order valence-corrected chi connectivity index (χ3v) is 2.45. The van der Waals surface area contributed by atoms with Crippen LogP contribution in [-0.4, -0.2) is 42.3 Å². The van der Waals surface area contributed by atoms with Crippen LogP contribution in [0.25, 0.3) is 0 Å². The summed E-state index contributed by atoms with van der Waals surface area (Å²) in [5, 5.41) is 22.7. The Morgan fingerprint density at radius 2 is 2.26 bits per heavy atom. The van der Waals surface area contributed by atoms with E-state index in [2.05, 4.69) is 5.32 Å². The Bertz CT molecular complexity index is 475. The number of aliphatic hydroxyl groups excluding tert-OH is 1. The first-order valence-corrected chi connectivity index (χ1v) is 5.66. The van der Waals surface area contributed by atoms with Gasteiger partial charge in [0.05, 0.1) is 17.6 Å². The van der Waals surface area contributed by atoms with Gasteiger partial charge in [0.1, 0.15) is 5.56 Å². The maximum Gasteiger partial charge on any atom is 0.282 e. The summed E-state index contributed by atoms with van der Waals surface area (Å²) in [6, 6.07) is 4.29. The van der Waals surface area contributed by atoms with E-state index in [-0.39, 0.29) is 24.4 Å². The Kier molecular flexibility index (Phi) is 5.40.